The summed E-state index contributed by atoms with van der Waals surface area (Å²) < 4.78 is 13.1. The van der Waals surface area contributed by atoms with Gasteiger partial charge < -0.3 is 10.6 Å². The van der Waals surface area contributed by atoms with Crippen LogP contribution in [0.4, 0.5) is 14.9 Å². The fraction of sp³-hybridized carbons (Fsp3) is 0.391. The fourth-order valence-electron chi connectivity index (χ4n) is 4.62. The largest absolute Gasteiger partial charge is 0.335 e. The highest BCUT2D eigenvalue weighted by Crippen LogP contribution is 2.36. The molecule has 2 amide bonds. The van der Waals surface area contributed by atoms with E-state index < -0.39 is 0 Å². The molecule has 2 aromatic rings. The van der Waals surface area contributed by atoms with Gasteiger partial charge in [0.05, 0.1) is 0 Å². The van der Waals surface area contributed by atoms with Crippen LogP contribution in [-0.2, 0) is 6.54 Å². The van der Waals surface area contributed by atoms with Crippen molar-refractivity contribution in [3.8, 4) is 0 Å². The minimum absolute atomic E-state index is 0.0286. The van der Waals surface area contributed by atoms with Gasteiger partial charge in [0.25, 0.3) is 0 Å². The number of hydrogen-bond donors (Lipinski definition) is 2. The van der Waals surface area contributed by atoms with Crippen molar-refractivity contribution in [2.45, 2.75) is 57.3 Å². The third-order valence-electron chi connectivity index (χ3n) is 6.02. The zero-order valence-corrected chi connectivity index (χ0v) is 16.5. The summed E-state index contributed by atoms with van der Waals surface area (Å²) in [5.74, 6) is -0.237. The number of hydrogen-bond acceptors (Lipinski definition) is 3. The van der Waals surface area contributed by atoms with E-state index in [-0.39, 0.29) is 23.7 Å². The molecular formula is C23H26FN3O2. The smallest absolute Gasteiger partial charge is 0.319 e. The molecule has 6 heteroatoms. The van der Waals surface area contributed by atoms with Crippen molar-refractivity contribution in [2.75, 3.05) is 5.32 Å². The molecule has 2 atom stereocenters. The Kier molecular flexibility index (Phi) is 5.62. The predicted molar refractivity (Wildman–Crippen MR) is 110 cm³/mol. The Morgan fingerprint density at radius 1 is 1.07 bits per heavy atom. The van der Waals surface area contributed by atoms with Crippen LogP contribution >= 0.6 is 0 Å². The lowest BCUT2D eigenvalue weighted by Gasteiger charge is -2.39. The van der Waals surface area contributed by atoms with E-state index in [0.29, 0.717) is 23.3 Å². The first-order valence-electron chi connectivity index (χ1n) is 10.2. The van der Waals surface area contributed by atoms with E-state index in [1.807, 2.05) is 12.1 Å². The Balaban J connectivity index is 1.33. The summed E-state index contributed by atoms with van der Waals surface area (Å²) in [6.45, 7) is 2.33. The maximum atomic E-state index is 13.1. The fourth-order valence-corrected chi connectivity index (χ4v) is 4.62. The molecule has 2 fully saturated rings. The summed E-state index contributed by atoms with van der Waals surface area (Å²) in [6, 6.07) is 14.5. The van der Waals surface area contributed by atoms with Gasteiger partial charge in [-0.2, -0.15) is 0 Å². The summed E-state index contributed by atoms with van der Waals surface area (Å²) in [5, 5.41) is 5.94. The molecule has 5 nitrogen and oxygen atoms in total. The number of urea groups is 1. The molecule has 2 bridgehead atoms. The van der Waals surface area contributed by atoms with E-state index in [1.165, 1.54) is 19.1 Å². The van der Waals surface area contributed by atoms with Crippen LogP contribution in [0.5, 0.6) is 0 Å². The minimum Gasteiger partial charge on any atom is -0.335 e. The van der Waals surface area contributed by atoms with Crippen molar-refractivity contribution < 1.29 is 14.0 Å². The van der Waals surface area contributed by atoms with Crippen molar-refractivity contribution in [1.82, 2.24) is 10.2 Å². The minimum atomic E-state index is -0.234. The first kappa shape index (κ1) is 19.6. The van der Waals surface area contributed by atoms with E-state index in [1.54, 1.807) is 24.3 Å². The number of benzene rings is 2. The third kappa shape index (κ3) is 4.65. The molecule has 29 heavy (non-hydrogen) atoms. The number of carbonyl (C=O) groups is 2. The highest BCUT2D eigenvalue weighted by molar-refractivity contribution is 5.96. The van der Waals surface area contributed by atoms with Crippen LogP contribution in [0.2, 0.25) is 0 Å². The Hall–Kier alpha value is -2.73. The number of halogens is 1. The standard InChI is InChI=1S/C23H26FN3O2/c1-15(28)17-3-2-4-19(11-17)25-23(29)26-20-12-21-9-10-22(13-20)27(21)14-16-5-7-18(24)8-6-16/h2-8,11,20-22H,9-10,12-14H2,1H3,(H2,25,26,29)/t21-,22-/m0/s1. The van der Waals surface area contributed by atoms with Gasteiger partial charge >= 0.3 is 6.03 Å². The molecule has 0 spiro atoms. The van der Waals surface area contributed by atoms with E-state index in [4.69, 9.17) is 0 Å². The molecule has 2 N–H and O–H groups in total. The zero-order valence-electron chi connectivity index (χ0n) is 16.5. The topological polar surface area (TPSA) is 61.4 Å². The monoisotopic (exact) mass is 395 g/mol. The summed E-state index contributed by atoms with van der Waals surface area (Å²) in [5.41, 5.74) is 2.32. The second kappa shape index (κ2) is 8.33. The highest BCUT2D eigenvalue weighted by atomic mass is 19.1. The molecule has 2 aliphatic rings. The zero-order chi connectivity index (χ0) is 20.4. The Morgan fingerprint density at radius 3 is 2.41 bits per heavy atom. The first-order valence-corrected chi connectivity index (χ1v) is 10.2. The predicted octanol–water partition coefficient (Wildman–Crippen LogP) is 4.35. The molecule has 0 aliphatic carbocycles. The number of anilines is 1. The van der Waals surface area contributed by atoms with Gasteiger partial charge in [0, 0.05) is 35.9 Å². The van der Waals surface area contributed by atoms with E-state index in [0.717, 1.165) is 37.8 Å². The van der Waals surface area contributed by atoms with Gasteiger partial charge in [-0.15, -0.1) is 0 Å². The number of rotatable bonds is 5. The average Bonchev–Trinajstić information content (AvgIpc) is 2.92. The lowest BCUT2D eigenvalue weighted by molar-refractivity contribution is 0.101. The van der Waals surface area contributed by atoms with Crippen molar-refractivity contribution >= 4 is 17.5 Å². The van der Waals surface area contributed by atoms with Crippen molar-refractivity contribution in [3.05, 3.63) is 65.5 Å². The lowest BCUT2D eigenvalue weighted by Crippen LogP contribution is -2.50. The van der Waals surface area contributed by atoms with Gasteiger partial charge in [0.1, 0.15) is 5.82 Å². The number of piperidine rings is 1. The molecule has 0 radical (unpaired) electrons. The maximum absolute atomic E-state index is 13.1. The second-order valence-electron chi connectivity index (χ2n) is 8.09. The molecular weight excluding hydrogens is 369 g/mol. The van der Waals surface area contributed by atoms with Gasteiger partial charge in [-0.25, -0.2) is 9.18 Å². The van der Waals surface area contributed by atoms with Crippen LogP contribution in [0, 0.1) is 5.82 Å². The SMILES string of the molecule is CC(=O)c1cccc(NC(=O)NC2C[C@@H]3CC[C@@H](C2)N3Cc2ccc(F)cc2)c1. The molecule has 0 saturated carbocycles. The number of ketones is 1. The van der Waals surface area contributed by atoms with Crippen LogP contribution in [0.15, 0.2) is 48.5 Å². The molecule has 0 unspecified atom stereocenters. The number of amides is 2. The number of nitrogens with zero attached hydrogens (tertiary/aromatic N) is 1. The average molecular weight is 395 g/mol. The summed E-state index contributed by atoms with van der Waals surface area (Å²) in [6.07, 6.45) is 4.09. The second-order valence-corrected chi connectivity index (χ2v) is 8.09. The van der Waals surface area contributed by atoms with Crippen molar-refractivity contribution in [1.29, 1.82) is 0 Å². The van der Waals surface area contributed by atoms with Crippen LogP contribution in [0.3, 0.4) is 0 Å². The molecule has 4 rings (SSSR count). The molecule has 2 saturated heterocycles. The van der Waals surface area contributed by atoms with Gasteiger partial charge in [-0.1, -0.05) is 24.3 Å². The van der Waals surface area contributed by atoms with Crippen LogP contribution < -0.4 is 10.6 Å². The van der Waals surface area contributed by atoms with E-state index in [2.05, 4.69) is 15.5 Å². The van der Waals surface area contributed by atoms with Gasteiger partial charge in [-0.3, -0.25) is 9.69 Å². The van der Waals surface area contributed by atoms with Crippen LogP contribution in [-0.4, -0.2) is 34.8 Å². The van der Waals surface area contributed by atoms with Crippen molar-refractivity contribution in [2.24, 2.45) is 0 Å². The van der Waals surface area contributed by atoms with Crippen molar-refractivity contribution in [3.63, 3.8) is 0 Å². The molecule has 2 aliphatic heterocycles. The van der Waals surface area contributed by atoms with Gasteiger partial charge in [0.2, 0.25) is 0 Å². The Morgan fingerprint density at radius 2 is 1.76 bits per heavy atom. The summed E-state index contributed by atoms with van der Waals surface area (Å²) >= 11 is 0. The lowest BCUT2D eigenvalue weighted by atomic mass is 9.96. The number of nitrogens with one attached hydrogen (secondary N) is 2. The Labute approximate surface area is 170 Å². The summed E-state index contributed by atoms with van der Waals surface area (Å²) in [7, 11) is 0. The number of carbonyl (C=O) groups excluding carboxylic acids is 2. The molecule has 2 aromatic carbocycles. The van der Waals surface area contributed by atoms with Gasteiger partial charge in [0.15, 0.2) is 5.78 Å². The van der Waals surface area contributed by atoms with E-state index >= 15 is 0 Å². The normalized spacial score (nSPS) is 23.6. The molecule has 2 heterocycles. The van der Waals surface area contributed by atoms with Crippen LogP contribution in [0.1, 0.15) is 48.5 Å². The third-order valence-corrected chi connectivity index (χ3v) is 6.02. The van der Waals surface area contributed by atoms with Gasteiger partial charge in [-0.05, 0) is 62.4 Å². The number of fused-ring (bicyclic) bond motifs is 2. The summed E-state index contributed by atoms with van der Waals surface area (Å²) in [4.78, 5) is 26.4. The molecule has 0 aromatic heterocycles. The van der Waals surface area contributed by atoms with E-state index in [9.17, 15) is 14.0 Å². The van der Waals surface area contributed by atoms with Crippen LogP contribution in [0.25, 0.3) is 0 Å². The highest BCUT2D eigenvalue weighted by Gasteiger charge is 2.40. The molecule has 152 valence electrons. The Bertz CT molecular complexity index is 885. The maximum Gasteiger partial charge on any atom is 0.319 e. The quantitative estimate of drug-likeness (QED) is 0.740. The number of Topliss-reactive ketones (excluding diaryl/α,β-unsaturated/α-hetero) is 1. The first-order chi connectivity index (χ1) is 14.0.